The monoisotopic (exact) mass is 473 g/mol. The standard InChI is InChI=1S/C28H28FN3OS/c1-19-17-21(20(2)31(19)25-15-13-22(29)14-16-25)18-26-27(33)32(24-11-7-4-8-12-24)28(34-26)30-23-9-5-3-6-10-23/h3,5-6,9-10,13-18,24H,4,7-8,11-12H2,1-2H3/b26-18-,30-28?. The first-order valence-corrected chi connectivity index (χ1v) is 12.6. The zero-order valence-electron chi connectivity index (χ0n) is 19.5. The first-order valence-electron chi connectivity index (χ1n) is 11.8. The van der Waals surface area contributed by atoms with Crippen molar-refractivity contribution >= 4 is 34.6 Å². The Labute approximate surface area is 204 Å². The molecule has 0 N–H and O–H groups in total. The van der Waals surface area contributed by atoms with Crippen LogP contribution in [0.2, 0.25) is 0 Å². The fourth-order valence-corrected chi connectivity index (χ4v) is 5.95. The summed E-state index contributed by atoms with van der Waals surface area (Å²) in [4.78, 5) is 21.1. The molecule has 2 aromatic carbocycles. The number of aryl methyl sites for hydroxylation is 1. The predicted octanol–water partition coefficient (Wildman–Crippen LogP) is 7.17. The number of carbonyl (C=O) groups is 1. The zero-order chi connectivity index (χ0) is 23.7. The Hall–Kier alpha value is -3.12. The SMILES string of the molecule is Cc1cc(/C=C2\SC(=Nc3ccccc3)N(C3CCCCC3)C2=O)c(C)n1-c1ccc(F)cc1. The molecule has 0 atom stereocenters. The van der Waals surface area contributed by atoms with Gasteiger partial charge in [0.2, 0.25) is 0 Å². The molecule has 34 heavy (non-hydrogen) atoms. The maximum atomic E-state index is 13.6. The fraction of sp³-hybridized carbons (Fsp3) is 0.286. The van der Waals surface area contributed by atoms with Gasteiger partial charge in [-0.2, -0.15) is 0 Å². The van der Waals surface area contributed by atoms with Crippen LogP contribution in [-0.2, 0) is 4.79 Å². The Morgan fingerprint density at radius 1 is 1.00 bits per heavy atom. The number of aliphatic imine (C=N–C) groups is 1. The maximum absolute atomic E-state index is 13.6. The van der Waals surface area contributed by atoms with E-state index in [2.05, 4.69) is 10.6 Å². The molecule has 1 amide bonds. The molecule has 2 fully saturated rings. The Kier molecular flexibility index (Phi) is 6.42. The predicted molar refractivity (Wildman–Crippen MR) is 138 cm³/mol. The third kappa shape index (κ3) is 4.47. The summed E-state index contributed by atoms with van der Waals surface area (Å²) in [6.45, 7) is 4.06. The zero-order valence-corrected chi connectivity index (χ0v) is 20.3. The summed E-state index contributed by atoms with van der Waals surface area (Å²) in [5.74, 6) is -0.215. The molecule has 4 nitrogen and oxygen atoms in total. The molecule has 0 spiro atoms. The van der Waals surface area contributed by atoms with E-state index in [1.54, 1.807) is 12.1 Å². The fourth-order valence-electron chi connectivity index (χ4n) is 4.90. The smallest absolute Gasteiger partial charge is 0.267 e. The number of carbonyl (C=O) groups excluding carboxylic acids is 1. The lowest BCUT2D eigenvalue weighted by molar-refractivity contribution is -0.124. The van der Waals surface area contributed by atoms with Crippen molar-refractivity contribution in [1.82, 2.24) is 9.47 Å². The summed E-state index contributed by atoms with van der Waals surface area (Å²) in [6.07, 6.45) is 7.55. The van der Waals surface area contributed by atoms with E-state index < -0.39 is 0 Å². The van der Waals surface area contributed by atoms with Crippen LogP contribution in [0.4, 0.5) is 10.1 Å². The van der Waals surface area contributed by atoms with Crippen LogP contribution in [0, 0.1) is 19.7 Å². The van der Waals surface area contributed by atoms with Crippen LogP contribution in [0.3, 0.4) is 0 Å². The number of amides is 1. The average molecular weight is 474 g/mol. The van der Waals surface area contributed by atoms with Crippen molar-refractivity contribution in [3.8, 4) is 5.69 Å². The van der Waals surface area contributed by atoms with Crippen molar-refractivity contribution in [2.75, 3.05) is 0 Å². The number of halogens is 1. The highest BCUT2D eigenvalue weighted by Crippen LogP contribution is 2.39. The number of thioether (sulfide) groups is 1. The van der Waals surface area contributed by atoms with Gasteiger partial charge in [0.1, 0.15) is 5.82 Å². The average Bonchev–Trinajstić information content (AvgIpc) is 3.30. The first kappa shape index (κ1) is 22.7. The second kappa shape index (κ2) is 9.63. The quantitative estimate of drug-likeness (QED) is 0.377. The van der Waals surface area contributed by atoms with Gasteiger partial charge in [-0.05, 0) is 92.6 Å². The van der Waals surface area contributed by atoms with Gasteiger partial charge >= 0.3 is 0 Å². The minimum absolute atomic E-state index is 0.0400. The second-order valence-electron chi connectivity index (χ2n) is 8.95. The molecule has 0 radical (unpaired) electrons. The van der Waals surface area contributed by atoms with Gasteiger partial charge in [-0.3, -0.25) is 9.69 Å². The number of aromatic nitrogens is 1. The Morgan fingerprint density at radius 2 is 1.71 bits per heavy atom. The van der Waals surface area contributed by atoms with Crippen molar-refractivity contribution < 1.29 is 9.18 Å². The second-order valence-corrected chi connectivity index (χ2v) is 9.95. The van der Waals surface area contributed by atoms with Crippen LogP contribution in [0.25, 0.3) is 11.8 Å². The van der Waals surface area contributed by atoms with E-state index in [1.807, 2.05) is 55.2 Å². The summed E-state index contributed by atoms with van der Waals surface area (Å²) < 4.78 is 15.5. The van der Waals surface area contributed by atoms with Crippen LogP contribution >= 0.6 is 11.8 Å². The van der Waals surface area contributed by atoms with Gasteiger partial charge in [-0.15, -0.1) is 0 Å². The van der Waals surface area contributed by atoms with Gasteiger partial charge in [0.05, 0.1) is 10.6 Å². The molecule has 3 aromatic rings. The van der Waals surface area contributed by atoms with Crippen molar-refractivity contribution in [2.45, 2.75) is 52.0 Å². The van der Waals surface area contributed by atoms with Crippen LogP contribution in [0.15, 0.2) is 70.6 Å². The van der Waals surface area contributed by atoms with Gasteiger partial charge < -0.3 is 4.57 Å². The Morgan fingerprint density at radius 3 is 2.41 bits per heavy atom. The highest BCUT2D eigenvalue weighted by atomic mass is 32.2. The third-order valence-electron chi connectivity index (χ3n) is 6.60. The van der Waals surface area contributed by atoms with Gasteiger partial charge in [-0.25, -0.2) is 9.38 Å². The van der Waals surface area contributed by atoms with E-state index in [-0.39, 0.29) is 17.8 Å². The van der Waals surface area contributed by atoms with Crippen LogP contribution < -0.4 is 0 Å². The highest BCUT2D eigenvalue weighted by molar-refractivity contribution is 8.18. The molecule has 174 valence electrons. The molecule has 5 rings (SSSR count). The molecular weight excluding hydrogens is 445 g/mol. The topological polar surface area (TPSA) is 37.6 Å². The summed E-state index contributed by atoms with van der Waals surface area (Å²) in [5, 5.41) is 0.765. The minimum atomic E-state index is -0.255. The number of amidine groups is 1. The van der Waals surface area contributed by atoms with Crippen molar-refractivity contribution in [3.63, 3.8) is 0 Å². The molecule has 0 bridgehead atoms. The van der Waals surface area contributed by atoms with Gasteiger partial charge in [0.25, 0.3) is 5.91 Å². The van der Waals surface area contributed by atoms with Crippen LogP contribution in [0.1, 0.15) is 49.1 Å². The van der Waals surface area contributed by atoms with Crippen molar-refractivity contribution in [2.24, 2.45) is 4.99 Å². The third-order valence-corrected chi connectivity index (χ3v) is 7.58. The molecule has 2 heterocycles. The van der Waals surface area contributed by atoms with Crippen molar-refractivity contribution in [1.29, 1.82) is 0 Å². The van der Waals surface area contributed by atoms with Gasteiger partial charge in [-0.1, -0.05) is 37.5 Å². The summed E-state index contributed by atoms with van der Waals surface area (Å²) in [5.41, 5.74) is 4.80. The van der Waals surface area contributed by atoms with E-state index in [9.17, 15) is 9.18 Å². The lowest BCUT2D eigenvalue weighted by Gasteiger charge is -2.30. The largest absolute Gasteiger partial charge is 0.318 e. The normalized spacial score (nSPS) is 19.5. The number of hydrogen-bond donors (Lipinski definition) is 0. The number of nitrogens with zero attached hydrogens (tertiary/aromatic N) is 3. The number of benzene rings is 2. The van der Waals surface area contributed by atoms with E-state index in [1.165, 1.54) is 30.3 Å². The summed E-state index contributed by atoms with van der Waals surface area (Å²) >= 11 is 1.46. The van der Waals surface area contributed by atoms with Gasteiger partial charge in [0.15, 0.2) is 5.17 Å². The summed E-state index contributed by atoms with van der Waals surface area (Å²) in [6, 6.07) is 18.6. The number of hydrogen-bond acceptors (Lipinski definition) is 3. The molecule has 2 aliphatic rings. The Balaban J connectivity index is 1.52. The lowest BCUT2D eigenvalue weighted by atomic mass is 9.94. The van der Waals surface area contributed by atoms with E-state index in [0.29, 0.717) is 4.91 Å². The molecule has 1 aliphatic carbocycles. The minimum Gasteiger partial charge on any atom is -0.318 e. The van der Waals surface area contributed by atoms with E-state index in [4.69, 9.17) is 4.99 Å². The molecular formula is C28H28FN3OS. The van der Waals surface area contributed by atoms with Crippen LogP contribution in [0.5, 0.6) is 0 Å². The van der Waals surface area contributed by atoms with E-state index >= 15 is 0 Å². The summed E-state index contributed by atoms with van der Waals surface area (Å²) in [7, 11) is 0. The highest BCUT2D eigenvalue weighted by Gasteiger charge is 2.38. The molecule has 0 unspecified atom stereocenters. The first-order chi connectivity index (χ1) is 16.5. The molecule has 6 heteroatoms. The number of para-hydroxylation sites is 1. The van der Waals surface area contributed by atoms with Crippen molar-refractivity contribution in [3.05, 3.63) is 88.3 Å². The Bertz CT molecular complexity index is 1250. The molecule has 1 saturated heterocycles. The lowest BCUT2D eigenvalue weighted by Crippen LogP contribution is -2.40. The van der Waals surface area contributed by atoms with Crippen LogP contribution in [-0.4, -0.2) is 26.6 Å². The number of rotatable bonds is 4. The van der Waals surface area contributed by atoms with E-state index in [0.717, 1.165) is 59.2 Å². The van der Waals surface area contributed by atoms with Gasteiger partial charge in [0, 0.05) is 23.1 Å². The molecule has 1 aliphatic heterocycles. The molecule has 1 aromatic heterocycles. The maximum Gasteiger partial charge on any atom is 0.267 e. The molecule has 1 saturated carbocycles.